The second-order valence-electron chi connectivity index (χ2n) is 6.55. The number of aliphatic carboxylic acids is 1. The zero-order chi connectivity index (χ0) is 19.7. The van der Waals surface area contributed by atoms with Crippen LogP contribution in [0.25, 0.3) is 11.1 Å². The number of carboxylic acids is 1. The van der Waals surface area contributed by atoms with E-state index in [-0.39, 0.29) is 17.3 Å². The lowest BCUT2D eigenvalue weighted by atomic mass is 9.99. The first-order valence-electron chi connectivity index (χ1n) is 7.66. The Kier molecular flexibility index (Phi) is 5.47. The minimum Gasteiger partial charge on any atom is -0.475 e. The van der Waals surface area contributed by atoms with E-state index < -0.39 is 12.1 Å². The van der Waals surface area contributed by atoms with Gasteiger partial charge in [0.25, 0.3) is 0 Å². The Morgan fingerprint density at radius 3 is 2.54 bits per heavy atom. The number of aromatic nitrogens is 1. The third kappa shape index (κ3) is 4.64. The molecule has 1 aromatic carbocycles. The van der Waals surface area contributed by atoms with E-state index in [2.05, 4.69) is 19.2 Å². The van der Waals surface area contributed by atoms with Gasteiger partial charge in [-0.25, -0.2) is 9.59 Å². The molecule has 26 heavy (non-hydrogen) atoms. The van der Waals surface area contributed by atoms with Crippen molar-refractivity contribution < 1.29 is 32.2 Å². The molecule has 10 heteroatoms. The lowest BCUT2D eigenvalue weighted by molar-refractivity contribution is -0.192. The summed E-state index contributed by atoms with van der Waals surface area (Å²) in [6, 6.07) is 5.97. The molecule has 3 rings (SSSR count). The van der Waals surface area contributed by atoms with Crippen LogP contribution in [0.3, 0.4) is 0 Å². The smallest absolute Gasteiger partial charge is 0.475 e. The van der Waals surface area contributed by atoms with Crippen molar-refractivity contribution in [3.8, 4) is 0 Å². The molecule has 1 saturated heterocycles. The molecule has 2 aromatic rings. The number of morpholine rings is 1. The highest BCUT2D eigenvalue weighted by molar-refractivity contribution is 5.74. The van der Waals surface area contributed by atoms with E-state index in [1.54, 1.807) is 7.05 Å². The van der Waals surface area contributed by atoms with E-state index in [4.69, 9.17) is 19.1 Å². The van der Waals surface area contributed by atoms with Crippen LogP contribution in [-0.4, -0.2) is 40.6 Å². The van der Waals surface area contributed by atoms with Gasteiger partial charge in [-0.1, -0.05) is 6.07 Å². The monoisotopic (exact) mass is 376 g/mol. The zero-order valence-electron chi connectivity index (χ0n) is 14.4. The molecule has 0 saturated carbocycles. The second-order valence-corrected chi connectivity index (χ2v) is 6.55. The Labute approximate surface area is 146 Å². The zero-order valence-corrected chi connectivity index (χ0v) is 14.4. The van der Waals surface area contributed by atoms with Crippen LogP contribution in [0.15, 0.2) is 27.4 Å². The van der Waals surface area contributed by atoms with Crippen LogP contribution < -0.4 is 11.1 Å². The van der Waals surface area contributed by atoms with Crippen molar-refractivity contribution in [2.75, 3.05) is 13.2 Å². The van der Waals surface area contributed by atoms with Crippen molar-refractivity contribution in [2.24, 2.45) is 7.05 Å². The van der Waals surface area contributed by atoms with Crippen LogP contribution in [-0.2, 0) is 16.6 Å². The molecule has 1 aromatic heterocycles. The van der Waals surface area contributed by atoms with Gasteiger partial charge < -0.3 is 19.6 Å². The van der Waals surface area contributed by atoms with Crippen molar-refractivity contribution in [1.82, 2.24) is 9.88 Å². The van der Waals surface area contributed by atoms with E-state index in [9.17, 15) is 18.0 Å². The quantitative estimate of drug-likeness (QED) is 0.793. The van der Waals surface area contributed by atoms with Gasteiger partial charge in [-0.05, 0) is 31.5 Å². The van der Waals surface area contributed by atoms with Gasteiger partial charge in [-0.15, -0.1) is 0 Å². The summed E-state index contributed by atoms with van der Waals surface area (Å²) in [6.45, 7) is 5.55. The van der Waals surface area contributed by atoms with Gasteiger partial charge in [0.1, 0.15) is 0 Å². The first kappa shape index (κ1) is 20.0. The first-order chi connectivity index (χ1) is 11.9. The van der Waals surface area contributed by atoms with Crippen LogP contribution in [0.2, 0.25) is 0 Å². The number of oxazole rings is 1. The fourth-order valence-corrected chi connectivity index (χ4v) is 2.53. The maximum absolute atomic E-state index is 11.5. The van der Waals surface area contributed by atoms with Gasteiger partial charge in [-0.2, -0.15) is 13.2 Å². The number of rotatable bonds is 1. The predicted molar refractivity (Wildman–Crippen MR) is 85.9 cm³/mol. The highest BCUT2D eigenvalue weighted by Gasteiger charge is 2.38. The molecular weight excluding hydrogens is 357 g/mol. The summed E-state index contributed by atoms with van der Waals surface area (Å²) in [6.07, 6.45) is -5.08. The summed E-state index contributed by atoms with van der Waals surface area (Å²) >= 11 is 0. The molecular formula is C16H19F3N2O5. The number of fused-ring (bicyclic) bond motifs is 1. The summed E-state index contributed by atoms with van der Waals surface area (Å²) in [4.78, 5) is 20.4. The van der Waals surface area contributed by atoms with E-state index in [1.165, 1.54) is 4.57 Å². The Morgan fingerprint density at radius 1 is 1.38 bits per heavy atom. The van der Waals surface area contributed by atoms with Crippen molar-refractivity contribution in [3.05, 3.63) is 34.3 Å². The number of benzene rings is 1. The van der Waals surface area contributed by atoms with Crippen LogP contribution in [0, 0.1) is 0 Å². The van der Waals surface area contributed by atoms with E-state index in [0.717, 1.165) is 11.1 Å². The number of ether oxygens (including phenoxy) is 1. The van der Waals surface area contributed by atoms with Crippen molar-refractivity contribution in [2.45, 2.75) is 31.6 Å². The number of aryl methyl sites for hydroxylation is 1. The van der Waals surface area contributed by atoms with E-state index in [0.29, 0.717) is 18.8 Å². The van der Waals surface area contributed by atoms with Crippen molar-refractivity contribution in [1.29, 1.82) is 0 Å². The molecule has 7 nitrogen and oxygen atoms in total. The highest BCUT2D eigenvalue weighted by Crippen LogP contribution is 2.25. The van der Waals surface area contributed by atoms with Gasteiger partial charge in [-0.3, -0.25) is 4.57 Å². The summed E-state index contributed by atoms with van der Waals surface area (Å²) in [5.41, 5.74) is 2.46. The van der Waals surface area contributed by atoms with Gasteiger partial charge in [0.05, 0.1) is 24.8 Å². The summed E-state index contributed by atoms with van der Waals surface area (Å²) < 4.78 is 44.1. The molecule has 2 heterocycles. The number of halogens is 3. The van der Waals surface area contributed by atoms with Crippen molar-refractivity contribution >= 4 is 17.1 Å². The predicted octanol–water partition coefficient (Wildman–Crippen LogP) is 2.20. The van der Waals surface area contributed by atoms with Crippen LogP contribution in [0.4, 0.5) is 13.2 Å². The molecule has 1 atom stereocenters. The molecule has 2 N–H and O–H groups in total. The summed E-state index contributed by atoms with van der Waals surface area (Å²) in [5, 5.41) is 10.7. The summed E-state index contributed by atoms with van der Waals surface area (Å²) in [7, 11) is 1.71. The number of carboxylic acid groups (broad SMARTS) is 1. The molecule has 1 aliphatic heterocycles. The van der Waals surface area contributed by atoms with Gasteiger partial charge in [0, 0.05) is 12.6 Å². The fourth-order valence-electron chi connectivity index (χ4n) is 2.53. The van der Waals surface area contributed by atoms with E-state index in [1.807, 2.05) is 18.2 Å². The largest absolute Gasteiger partial charge is 0.490 e. The Morgan fingerprint density at radius 2 is 2.00 bits per heavy atom. The molecule has 0 bridgehead atoms. The Balaban J connectivity index is 0.000000298. The highest BCUT2D eigenvalue weighted by atomic mass is 19.4. The fraction of sp³-hybridized carbons (Fsp3) is 0.500. The second kappa shape index (κ2) is 7.12. The van der Waals surface area contributed by atoms with E-state index >= 15 is 0 Å². The number of carbonyl (C=O) groups is 1. The normalized spacial score (nSPS) is 19.7. The lowest BCUT2D eigenvalue weighted by Gasteiger charge is -2.37. The van der Waals surface area contributed by atoms with Crippen molar-refractivity contribution in [3.63, 3.8) is 0 Å². The SMILES string of the molecule is Cn1c(=O)oc2cc(C3COCC(C)(C)N3)ccc21.O=C(O)C(F)(F)F. The number of hydrogen-bond donors (Lipinski definition) is 2. The Bertz CT molecular complexity index is 854. The maximum atomic E-state index is 11.5. The number of alkyl halides is 3. The average molecular weight is 376 g/mol. The molecule has 0 spiro atoms. The third-order valence-electron chi connectivity index (χ3n) is 3.77. The maximum Gasteiger partial charge on any atom is 0.490 e. The lowest BCUT2D eigenvalue weighted by Crippen LogP contribution is -2.51. The van der Waals surface area contributed by atoms with Crippen LogP contribution >= 0.6 is 0 Å². The average Bonchev–Trinajstić information content (AvgIpc) is 2.80. The van der Waals surface area contributed by atoms with Gasteiger partial charge >= 0.3 is 17.9 Å². The first-order valence-corrected chi connectivity index (χ1v) is 7.66. The standard InChI is InChI=1S/C14H18N2O3.C2HF3O2/c1-14(2)8-18-7-10(15-14)9-4-5-11-12(6-9)19-13(17)16(11)3;3-2(4,5)1(6)7/h4-6,10,15H,7-8H2,1-3H3;(H,6,7). The van der Waals surface area contributed by atoms with Crippen LogP contribution in [0.5, 0.6) is 0 Å². The number of nitrogens with zero attached hydrogens (tertiary/aromatic N) is 1. The summed E-state index contributed by atoms with van der Waals surface area (Å²) in [5.74, 6) is -3.09. The van der Waals surface area contributed by atoms with Gasteiger partial charge in [0.15, 0.2) is 5.58 Å². The van der Waals surface area contributed by atoms with Gasteiger partial charge in [0.2, 0.25) is 0 Å². The number of nitrogens with one attached hydrogen (secondary N) is 1. The van der Waals surface area contributed by atoms with Crippen LogP contribution in [0.1, 0.15) is 25.5 Å². The molecule has 0 aliphatic carbocycles. The molecule has 1 fully saturated rings. The minimum absolute atomic E-state index is 0.0462. The molecule has 144 valence electrons. The molecule has 0 radical (unpaired) electrons. The number of hydrogen-bond acceptors (Lipinski definition) is 5. The third-order valence-corrected chi connectivity index (χ3v) is 3.77. The Hall–Kier alpha value is -2.33. The molecule has 1 aliphatic rings. The molecule has 1 unspecified atom stereocenters. The molecule has 0 amide bonds. The minimum atomic E-state index is -5.08. The topological polar surface area (TPSA) is 93.7 Å².